The van der Waals surface area contributed by atoms with Gasteiger partial charge in [-0.05, 0) is 49.7 Å². The fraction of sp³-hybridized carbons (Fsp3) is 0.235. The van der Waals surface area contributed by atoms with Crippen LogP contribution in [-0.4, -0.2) is 16.4 Å². The Morgan fingerprint density at radius 3 is 2.36 bits per heavy atom. The molecule has 1 amide bonds. The van der Waals surface area contributed by atoms with Crippen LogP contribution in [0.3, 0.4) is 0 Å². The predicted molar refractivity (Wildman–Crippen MR) is 93.1 cm³/mol. The number of anilines is 1. The standard InChI is InChI=1S/C17H18ClNO2S/c1-11-6-12(2)8-13(7-11)17(20)19-15-4-5-16(18)14(9-15)10-22(3)21/h4-9H,10H2,1-3H3,(H,19,20)/t22-/m0/s1. The monoisotopic (exact) mass is 335 g/mol. The first-order valence-electron chi connectivity index (χ1n) is 6.83. The van der Waals surface area contributed by atoms with E-state index in [4.69, 9.17) is 11.6 Å². The Morgan fingerprint density at radius 2 is 1.77 bits per heavy atom. The van der Waals surface area contributed by atoms with Crippen molar-refractivity contribution in [3.8, 4) is 0 Å². The van der Waals surface area contributed by atoms with Gasteiger partial charge in [-0.25, -0.2) is 0 Å². The Bertz CT molecular complexity index is 723. The minimum absolute atomic E-state index is 0.169. The van der Waals surface area contributed by atoms with Crippen molar-refractivity contribution in [2.45, 2.75) is 19.6 Å². The average Bonchev–Trinajstić information content (AvgIpc) is 2.41. The van der Waals surface area contributed by atoms with E-state index in [2.05, 4.69) is 5.32 Å². The van der Waals surface area contributed by atoms with Crippen LogP contribution in [0.4, 0.5) is 5.69 Å². The summed E-state index contributed by atoms with van der Waals surface area (Å²) < 4.78 is 11.4. The van der Waals surface area contributed by atoms with E-state index < -0.39 is 10.8 Å². The second kappa shape index (κ2) is 7.07. The summed E-state index contributed by atoms with van der Waals surface area (Å²) in [6, 6.07) is 10.9. The van der Waals surface area contributed by atoms with E-state index in [1.165, 1.54) is 0 Å². The molecule has 0 aliphatic rings. The van der Waals surface area contributed by atoms with E-state index in [0.717, 1.165) is 16.7 Å². The van der Waals surface area contributed by atoms with Crippen LogP contribution in [0.2, 0.25) is 5.02 Å². The fourth-order valence-corrected chi connectivity index (χ4v) is 3.23. The Balaban J connectivity index is 2.22. The number of carbonyl (C=O) groups is 1. The number of benzene rings is 2. The number of amides is 1. The molecule has 2 aromatic carbocycles. The molecule has 0 fully saturated rings. The summed E-state index contributed by atoms with van der Waals surface area (Å²) in [6.07, 6.45) is 1.62. The molecular formula is C17H18ClNO2S. The van der Waals surface area contributed by atoms with Gasteiger partial charge in [0.05, 0.1) is 0 Å². The van der Waals surface area contributed by atoms with Crippen LogP contribution in [0.25, 0.3) is 0 Å². The molecule has 0 saturated carbocycles. The van der Waals surface area contributed by atoms with Crippen molar-refractivity contribution >= 4 is 34.0 Å². The molecule has 0 heterocycles. The second-order valence-electron chi connectivity index (χ2n) is 5.35. The molecule has 0 radical (unpaired) electrons. The number of rotatable bonds is 4. The summed E-state index contributed by atoms with van der Waals surface area (Å²) in [5.41, 5.74) is 4.12. The van der Waals surface area contributed by atoms with Crippen molar-refractivity contribution in [3.05, 3.63) is 63.7 Å². The average molecular weight is 336 g/mol. The number of aryl methyl sites for hydroxylation is 2. The highest BCUT2D eigenvalue weighted by atomic mass is 35.5. The van der Waals surface area contributed by atoms with Gasteiger partial charge in [-0.3, -0.25) is 9.00 Å². The van der Waals surface area contributed by atoms with Crippen LogP contribution in [0.15, 0.2) is 36.4 Å². The summed E-state index contributed by atoms with van der Waals surface area (Å²) in [5, 5.41) is 3.41. The Labute approximate surface area is 138 Å². The lowest BCUT2D eigenvalue weighted by atomic mass is 10.1. The van der Waals surface area contributed by atoms with Gasteiger partial charge in [-0.1, -0.05) is 28.8 Å². The van der Waals surface area contributed by atoms with Crippen molar-refractivity contribution in [2.75, 3.05) is 11.6 Å². The Hall–Kier alpha value is -1.65. The predicted octanol–water partition coefficient (Wildman–Crippen LogP) is 4.09. The van der Waals surface area contributed by atoms with E-state index >= 15 is 0 Å². The maximum atomic E-state index is 12.3. The maximum Gasteiger partial charge on any atom is 0.255 e. The van der Waals surface area contributed by atoms with Crippen LogP contribution in [-0.2, 0) is 16.6 Å². The smallest absolute Gasteiger partial charge is 0.255 e. The lowest BCUT2D eigenvalue weighted by molar-refractivity contribution is 0.102. The third-order valence-corrected chi connectivity index (χ3v) is 4.23. The van der Waals surface area contributed by atoms with Crippen molar-refractivity contribution in [1.82, 2.24) is 0 Å². The van der Waals surface area contributed by atoms with Crippen LogP contribution in [0.1, 0.15) is 27.0 Å². The van der Waals surface area contributed by atoms with Crippen molar-refractivity contribution in [2.24, 2.45) is 0 Å². The molecule has 3 nitrogen and oxygen atoms in total. The summed E-state index contributed by atoms with van der Waals surface area (Å²) in [7, 11) is -0.987. The number of halogens is 1. The van der Waals surface area contributed by atoms with Crippen molar-refractivity contribution in [3.63, 3.8) is 0 Å². The number of hydrogen-bond donors (Lipinski definition) is 1. The topological polar surface area (TPSA) is 46.2 Å². The van der Waals surface area contributed by atoms with E-state index in [9.17, 15) is 9.00 Å². The molecule has 0 aromatic heterocycles. The first-order valence-corrected chi connectivity index (χ1v) is 8.94. The lowest BCUT2D eigenvalue weighted by Crippen LogP contribution is -2.12. The van der Waals surface area contributed by atoms with Gasteiger partial charge in [-0.15, -0.1) is 0 Å². The first-order chi connectivity index (χ1) is 10.3. The lowest BCUT2D eigenvalue weighted by Gasteiger charge is -2.10. The van der Waals surface area contributed by atoms with Crippen LogP contribution >= 0.6 is 11.6 Å². The molecule has 2 aromatic rings. The van der Waals surface area contributed by atoms with Crippen LogP contribution in [0.5, 0.6) is 0 Å². The summed E-state index contributed by atoms with van der Waals surface area (Å²) in [4.78, 5) is 12.3. The molecule has 2 rings (SSSR count). The first kappa shape index (κ1) is 16.7. The zero-order chi connectivity index (χ0) is 16.3. The third kappa shape index (κ3) is 4.42. The molecule has 1 N–H and O–H groups in total. The fourth-order valence-electron chi connectivity index (χ4n) is 2.29. The molecule has 116 valence electrons. The zero-order valence-corrected chi connectivity index (χ0v) is 14.3. The maximum absolute atomic E-state index is 12.3. The van der Waals surface area contributed by atoms with Gasteiger partial charge in [0.25, 0.3) is 5.91 Å². The van der Waals surface area contributed by atoms with Crippen molar-refractivity contribution in [1.29, 1.82) is 0 Å². The molecule has 0 unspecified atom stereocenters. The number of carbonyl (C=O) groups excluding carboxylic acids is 1. The molecule has 0 spiro atoms. The molecule has 0 aliphatic heterocycles. The Kier molecular flexibility index (Phi) is 5.37. The van der Waals surface area contributed by atoms with E-state index in [-0.39, 0.29) is 5.91 Å². The zero-order valence-electron chi connectivity index (χ0n) is 12.8. The highest BCUT2D eigenvalue weighted by molar-refractivity contribution is 7.83. The van der Waals surface area contributed by atoms with E-state index in [1.807, 2.05) is 32.0 Å². The van der Waals surface area contributed by atoms with Crippen LogP contribution in [0, 0.1) is 13.8 Å². The highest BCUT2D eigenvalue weighted by Gasteiger charge is 2.09. The number of hydrogen-bond acceptors (Lipinski definition) is 2. The van der Waals surface area contributed by atoms with E-state index in [1.54, 1.807) is 24.5 Å². The number of nitrogens with one attached hydrogen (secondary N) is 1. The van der Waals surface area contributed by atoms with Gasteiger partial charge in [0.1, 0.15) is 0 Å². The highest BCUT2D eigenvalue weighted by Crippen LogP contribution is 2.22. The molecule has 0 aliphatic carbocycles. The van der Waals surface area contributed by atoms with Gasteiger partial charge in [-0.2, -0.15) is 0 Å². The minimum Gasteiger partial charge on any atom is -0.322 e. The molecule has 0 bridgehead atoms. The molecule has 1 atom stereocenters. The minimum atomic E-state index is -0.987. The largest absolute Gasteiger partial charge is 0.322 e. The SMILES string of the molecule is Cc1cc(C)cc(C(=O)Nc2ccc(Cl)c(C[S@](C)=O)c2)c1. The summed E-state index contributed by atoms with van der Waals surface area (Å²) in [6.45, 7) is 3.92. The molecule has 22 heavy (non-hydrogen) atoms. The third-order valence-electron chi connectivity index (χ3n) is 3.15. The normalized spacial score (nSPS) is 12.0. The quantitative estimate of drug-likeness (QED) is 0.914. The van der Waals surface area contributed by atoms with Gasteiger partial charge in [0.15, 0.2) is 0 Å². The van der Waals surface area contributed by atoms with Gasteiger partial charge in [0.2, 0.25) is 0 Å². The Morgan fingerprint density at radius 1 is 1.14 bits per heavy atom. The van der Waals surface area contributed by atoms with Crippen molar-refractivity contribution < 1.29 is 9.00 Å². The summed E-state index contributed by atoms with van der Waals surface area (Å²) in [5.74, 6) is 0.198. The van der Waals surface area contributed by atoms with Gasteiger partial charge < -0.3 is 5.32 Å². The van der Waals surface area contributed by atoms with Crippen LogP contribution < -0.4 is 5.32 Å². The molecule has 5 heteroatoms. The second-order valence-corrected chi connectivity index (χ2v) is 7.20. The summed E-state index contributed by atoms with van der Waals surface area (Å²) >= 11 is 6.09. The molecular weight excluding hydrogens is 318 g/mol. The van der Waals surface area contributed by atoms with Gasteiger partial charge in [0, 0.05) is 39.1 Å². The molecule has 0 saturated heterocycles. The van der Waals surface area contributed by atoms with E-state index in [0.29, 0.717) is 22.0 Å². The van der Waals surface area contributed by atoms with Gasteiger partial charge >= 0.3 is 0 Å².